The molecule has 4 aromatic carbocycles. The van der Waals surface area contributed by atoms with Crippen molar-refractivity contribution in [3.63, 3.8) is 0 Å². The predicted octanol–water partition coefficient (Wildman–Crippen LogP) is 35.1. The average Bonchev–Trinajstić information content (AvgIpc) is 1.58. The van der Waals surface area contributed by atoms with Crippen LogP contribution < -0.4 is 18.9 Å². The molecule has 8 nitrogen and oxygen atoms in total. The Kier molecular flexibility index (Phi) is 47.2. The van der Waals surface area contributed by atoms with E-state index in [1.165, 1.54) is 334 Å². The Balaban J connectivity index is 1.02. The number of benzene rings is 4. The van der Waals surface area contributed by atoms with Gasteiger partial charge in [-0.05, 0) is 139 Å². The maximum Gasteiger partial charge on any atom is 0.119 e. The number of fused-ring (bicyclic) bond motifs is 8. The monoisotopic (exact) mass is 1610 g/mol. The van der Waals surface area contributed by atoms with Crippen LogP contribution in [0.5, 0.6) is 23.0 Å². The Bertz CT molecular complexity index is 4000. The number of halogens is 1. The molecule has 9 heteroatoms. The van der Waals surface area contributed by atoms with Crippen LogP contribution in [0, 0.1) is 0 Å². The van der Waals surface area contributed by atoms with E-state index in [1.54, 1.807) is 0 Å². The van der Waals surface area contributed by atoms with Gasteiger partial charge in [0.2, 0.25) is 0 Å². The highest BCUT2D eigenvalue weighted by molar-refractivity contribution is 6.54. The molecule has 0 spiro atoms. The summed E-state index contributed by atoms with van der Waals surface area (Å²) in [5.74, 6) is 3.45. The fourth-order valence-electron chi connectivity index (χ4n) is 17.2. The summed E-state index contributed by atoms with van der Waals surface area (Å²) in [5, 5.41) is 0.572. The Labute approximate surface area is 716 Å². The molecule has 0 fully saturated rings. The third-order valence-electron chi connectivity index (χ3n) is 24.4. The molecule has 2 aliphatic rings. The maximum absolute atomic E-state index is 8.01. The van der Waals surface area contributed by atoms with Crippen LogP contribution in [0.15, 0.2) is 127 Å². The van der Waals surface area contributed by atoms with Crippen molar-refractivity contribution in [3.8, 4) is 56.4 Å². The molecule has 5 heterocycles. The van der Waals surface area contributed by atoms with Gasteiger partial charge >= 0.3 is 0 Å². The Hall–Kier alpha value is -7.03. The second-order valence-electron chi connectivity index (χ2n) is 34.5. The highest BCUT2D eigenvalue weighted by Gasteiger charge is 2.28. The zero-order valence-electron chi connectivity index (χ0n) is 74.1. The van der Waals surface area contributed by atoms with Crippen LogP contribution in [-0.4, -0.2) is 46.4 Å². The normalized spacial score (nSPS) is 12.1. The second kappa shape index (κ2) is 58.8. The zero-order chi connectivity index (χ0) is 81.5. The molecule has 0 amide bonds. The Morgan fingerprint density at radius 1 is 0.256 bits per heavy atom. The summed E-state index contributed by atoms with van der Waals surface area (Å²) >= 11 is 8.01. The van der Waals surface area contributed by atoms with Crippen LogP contribution in [0.4, 0.5) is 0 Å². The van der Waals surface area contributed by atoms with Gasteiger partial charge in [0.25, 0.3) is 0 Å². The van der Waals surface area contributed by atoms with Gasteiger partial charge in [0, 0.05) is 38.8 Å². The number of unbranched alkanes of at least 4 members (excludes halogenated alkanes) is 52. The number of rotatable bonds is 68. The zero-order valence-corrected chi connectivity index (χ0v) is 74.9. The number of aromatic nitrogens is 4. The van der Waals surface area contributed by atoms with E-state index in [4.69, 9.17) is 40.5 Å². The molecule has 0 atom stereocenters. The summed E-state index contributed by atoms with van der Waals surface area (Å²) in [6.45, 7) is 12.0. The third kappa shape index (κ3) is 35.7. The van der Waals surface area contributed by atoms with Crippen molar-refractivity contribution in [1.82, 2.24) is 19.9 Å². The highest BCUT2D eigenvalue weighted by Crippen LogP contribution is 2.49. The molecule has 8 bridgehead atoms. The van der Waals surface area contributed by atoms with E-state index < -0.39 is 0 Å². The van der Waals surface area contributed by atoms with Crippen molar-refractivity contribution in [2.24, 2.45) is 0 Å². The van der Waals surface area contributed by atoms with Crippen LogP contribution in [0.25, 0.3) is 78.2 Å². The first-order valence-corrected chi connectivity index (χ1v) is 49.1. The van der Waals surface area contributed by atoms with E-state index in [-0.39, 0.29) is 0 Å². The molecular weight excluding hydrogens is 1450 g/mol. The SMILES string of the molecule is CCCCCCCCCCCCCCCCOc1ccc(C2=C(Cl)c3cc4ccc(cc5nc(cc6[nH]c(c(-c7ccc(OCCCCCCCCCCCCCCCC)cc7)c2n3)c(-c2ccc(OCCCCCCCCCCCCCCCC)cc2)c6-c2ccc(OCCCCCCCCCCCCCCCC)cc2)C=C5)[nH]4)cc1. The fourth-order valence-corrected chi connectivity index (χ4v) is 17.5. The Morgan fingerprint density at radius 3 is 0.838 bits per heavy atom. The molecule has 0 aliphatic carbocycles. The van der Waals surface area contributed by atoms with Gasteiger partial charge in [0.05, 0.1) is 59.8 Å². The molecule has 117 heavy (non-hydrogen) atoms. The topological polar surface area (TPSA) is 94.3 Å². The number of aromatic amines is 2. The second-order valence-corrected chi connectivity index (χ2v) is 34.9. The quantitative estimate of drug-likeness (QED) is 0.0369. The fraction of sp³-hybridized carbons (Fsp3) is 0.593. The van der Waals surface area contributed by atoms with Gasteiger partial charge in [-0.15, -0.1) is 0 Å². The van der Waals surface area contributed by atoms with Crippen molar-refractivity contribution < 1.29 is 18.9 Å². The minimum Gasteiger partial charge on any atom is -0.494 e. The lowest BCUT2D eigenvalue weighted by Crippen LogP contribution is -1.98. The van der Waals surface area contributed by atoms with Crippen LogP contribution >= 0.6 is 11.6 Å². The third-order valence-corrected chi connectivity index (χ3v) is 24.8. The van der Waals surface area contributed by atoms with E-state index in [2.05, 4.69) is 177 Å². The summed E-state index contributed by atoms with van der Waals surface area (Å²) in [6, 6.07) is 45.6. The Morgan fingerprint density at radius 2 is 0.521 bits per heavy atom. The van der Waals surface area contributed by atoms with E-state index in [9.17, 15) is 0 Å². The predicted molar refractivity (Wildman–Crippen MR) is 508 cm³/mol. The van der Waals surface area contributed by atoms with Gasteiger partial charge in [-0.1, -0.05) is 422 Å². The summed E-state index contributed by atoms with van der Waals surface area (Å²) in [5.41, 5.74) is 14.6. The van der Waals surface area contributed by atoms with E-state index >= 15 is 0 Å². The molecule has 640 valence electrons. The van der Waals surface area contributed by atoms with E-state index in [0.29, 0.717) is 37.2 Å². The molecule has 0 saturated carbocycles. The van der Waals surface area contributed by atoms with Gasteiger partial charge < -0.3 is 28.9 Å². The first kappa shape index (κ1) is 93.8. The summed E-state index contributed by atoms with van der Waals surface area (Å²) < 4.78 is 26.4. The van der Waals surface area contributed by atoms with Crippen LogP contribution in [0.1, 0.15) is 416 Å². The van der Waals surface area contributed by atoms with Crippen molar-refractivity contribution in [1.29, 1.82) is 0 Å². The standard InChI is InChI=1S/C108H157ClN4O4/c1-5-9-13-17-21-25-29-33-37-41-45-49-53-57-81-114-96-73-61-88(62-74-96)102-100-86-94-71-69-92(110-94)85-93-70-72-95(111-93)87-101-106(109)104(90-65-77-98(78-66-90)116-83-59-55-51-47-43-39-35-31-27-23-19-15-11-7-3)108(113-101)105(91-67-79-99(80-68-91)117-84-60-56-52-48-44-40-36-32-28-24-20-16-12-8-4)107(112-100)103(102)89-63-75-97(76-64-89)115-82-58-54-50-46-42-38-34-30-26-22-18-14-10-6-2/h61-80,85-87,111-112H,5-60,81-84H2,1-4H3. The molecule has 0 radical (unpaired) electrons. The summed E-state index contributed by atoms with van der Waals surface area (Å²) in [7, 11) is 0. The van der Waals surface area contributed by atoms with E-state index in [1.807, 2.05) is 0 Å². The van der Waals surface area contributed by atoms with Crippen molar-refractivity contribution in [2.75, 3.05) is 26.4 Å². The maximum atomic E-state index is 8.01. The minimum atomic E-state index is 0.572. The average molecular weight is 1610 g/mol. The van der Waals surface area contributed by atoms with Crippen LogP contribution in [0.3, 0.4) is 0 Å². The first-order valence-electron chi connectivity index (χ1n) is 48.7. The molecule has 2 aliphatic heterocycles. The summed E-state index contributed by atoms with van der Waals surface area (Å²) in [4.78, 5) is 18.9. The number of hydrogen-bond donors (Lipinski definition) is 2. The smallest absolute Gasteiger partial charge is 0.119 e. The van der Waals surface area contributed by atoms with Gasteiger partial charge in [-0.2, -0.15) is 0 Å². The highest BCUT2D eigenvalue weighted by atomic mass is 35.5. The van der Waals surface area contributed by atoms with Crippen molar-refractivity contribution in [2.45, 2.75) is 387 Å². The van der Waals surface area contributed by atoms with Crippen LogP contribution in [0.2, 0.25) is 0 Å². The number of H-pyrrole nitrogens is 2. The van der Waals surface area contributed by atoms with Crippen LogP contribution in [-0.2, 0) is 0 Å². The lowest BCUT2D eigenvalue weighted by Gasteiger charge is -2.14. The molecular formula is C108H157ClN4O4. The first-order chi connectivity index (χ1) is 57.9. The van der Waals surface area contributed by atoms with E-state index in [0.717, 1.165) is 132 Å². The largest absolute Gasteiger partial charge is 0.494 e. The molecule has 9 rings (SSSR count). The molecule has 2 N–H and O–H groups in total. The lowest BCUT2D eigenvalue weighted by atomic mass is 9.91. The molecule has 0 unspecified atom stereocenters. The van der Waals surface area contributed by atoms with Gasteiger partial charge in [0.15, 0.2) is 0 Å². The number of nitrogens with zero attached hydrogens (tertiary/aromatic N) is 2. The van der Waals surface area contributed by atoms with Crippen molar-refractivity contribution in [3.05, 3.63) is 156 Å². The summed E-state index contributed by atoms with van der Waals surface area (Å²) in [6.07, 6.45) is 78.6. The number of hydrogen-bond acceptors (Lipinski definition) is 6. The number of ether oxygens (including phenoxy) is 4. The lowest BCUT2D eigenvalue weighted by molar-refractivity contribution is 0.304. The van der Waals surface area contributed by atoms with Crippen molar-refractivity contribution >= 4 is 56.4 Å². The molecule has 7 aromatic rings. The molecule has 3 aromatic heterocycles. The van der Waals surface area contributed by atoms with Gasteiger partial charge in [-0.3, -0.25) is 0 Å². The minimum absolute atomic E-state index is 0.572. The number of nitrogens with one attached hydrogen (secondary N) is 2. The molecule has 0 saturated heterocycles. The van der Waals surface area contributed by atoms with Gasteiger partial charge in [-0.25, -0.2) is 9.97 Å². The van der Waals surface area contributed by atoms with Gasteiger partial charge in [0.1, 0.15) is 23.0 Å².